The molecule has 0 spiro atoms. The summed E-state index contributed by atoms with van der Waals surface area (Å²) in [7, 11) is 0. The van der Waals surface area contributed by atoms with E-state index in [9.17, 15) is 14.4 Å². The molecular weight excluding hydrogens is 382 g/mol. The van der Waals surface area contributed by atoms with E-state index in [0.717, 1.165) is 25.7 Å². The smallest absolute Gasteiger partial charge is 0.273 e. The lowest BCUT2D eigenvalue weighted by Crippen LogP contribution is -2.52. The van der Waals surface area contributed by atoms with Gasteiger partial charge in [-0.3, -0.25) is 19.1 Å². The fourth-order valence-corrected chi connectivity index (χ4v) is 3.99. The first-order valence-corrected chi connectivity index (χ1v) is 10.5. The highest BCUT2D eigenvalue weighted by Crippen LogP contribution is 2.22. The van der Waals surface area contributed by atoms with E-state index in [2.05, 4.69) is 15.7 Å². The number of nitrogens with one attached hydrogen (secondary N) is 2. The van der Waals surface area contributed by atoms with E-state index in [4.69, 9.17) is 5.73 Å². The number of nitrogens with two attached hydrogens (primary N) is 1. The summed E-state index contributed by atoms with van der Waals surface area (Å²) in [4.78, 5) is 37.4. The minimum atomic E-state index is -0.844. The molecule has 3 rings (SSSR count). The van der Waals surface area contributed by atoms with E-state index in [1.807, 2.05) is 39.0 Å². The molecule has 1 atom stereocenters. The number of benzene rings is 1. The highest BCUT2D eigenvalue weighted by atomic mass is 16.2. The first-order valence-electron chi connectivity index (χ1n) is 10.5. The van der Waals surface area contributed by atoms with Crippen molar-refractivity contribution in [2.24, 2.45) is 11.1 Å². The van der Waals surface area contributed by atoms with Crippen LogP contribution < -0.4 is 16.4 Å². The summed E-state index contributed by atoms with van der Waals surface area (Å²) in [5.74, 6) is -1.21. The summed E-state index contributed by atoms with van der Waals surface area (Å²) in [5, 5.41) is 10.8. The van der Waals surface area contributed by atoms with E-state index >= 15 is 0 Å². The average molecular weight is 414 g/mol. The molecule has 1 heterocycles. The highest BCUT2D eigenvalue weighted by molar-refractivity contribution is 6.06. The van der Waals surface area contributed by atoms with E-state index < -0.39 is 23.3 Å². The Labute approximate surface area is 176 Å². The molecule has 0 unspecified atom stereocenters. The van der Waals surface area contributed by atoms with E-state index in [1.54, 1.807) is 10.7 Å². The molecule has 1 fully saturated rings. The lowest BCUT2D eigenvalue weighted by Gasteiger charge is -2.28. The van der Waals surface area contributed by atoms with Crippen molar-refractivity contribution in [3.63, 3.8) is 0 Å². The second-order valence-corrected chi connectivity index (χ2v) is 9.10. The molecule has 4 N–H and O–H groups in total. The minimum Gasteiger partial charge on any atom is -0.368 e. The van der Waals surface area contributed by atoms with Gasteiger partial charge in [0, 0.05) is 11.4 Å². The molecule has 1 aromatic carbocycles. The summed E-state index contributed by atoms with van der Waals surface area (Å²) in [6.45, 7) is 5.52. The van der Waals surface area contributed by atoms with Crippen LogP contribution in [-0.2, 0) is 16.1 Å². The van der Waals surface area contributed by atoms with Gasteiger partial charge in [0.2, 0.25) is 11.8 Å². The van der Waals surface area contributed by atoms with Gasteiger partial charge in [-0.1, -0.05) is 58.2 Å². The normalized spacial score (nSPS) is 16.2. The maximum absolute atomic E-state index is 12.9. The molecule has 2 aromatic rings. The molecule has 8 nitrogen and oxygen atoms in total. The molecule has 1 aliphatic rings. The second kappa shape index (κ2) is 8.85. The van der Waals surface area contributed by atoms with E-state index in [1.165, 1.54) is 6.42 Å². The number of hydrogen-bond acceptors (Lipinski definition) is 4. The first-order chi connectivity index (χ1) is 14.2. The monoisotopic (exact) mass is 413 g/mol. The van der Waals surface area contributed by atoms with Gasteiger partial charge >= 0.3 is 0 Å². The molecule has 0 saturated heterocycles. The van der Waals surface area contributed by atoms with Crippen molar-refractivity contribution in [2.75, 3.05) is 0 Å². The number of amides is 3. The third kappa shape index (κ3) is 4.98. The Bertz CT molecular complexity index is 938. The summed E-state index contributed by atoms with van der Waals surface area (Å²) in [6.07, 6.45) is 5.49. The predicted octanol–water partition coefficient (Wildman–Crippen LogP) is 2.11. The number of fused-ring (bicyclic) bond motifs is 1. The Morgan fingerprint density at radius 1 is 1.17 bits per heavy atom. The number of hydrogen-bond donors (Lipinski definition) is 3. The molecule has 0 radical (unpaired) electrons. The lowest BCUT2D eigenvalue weighted by molar-refractivity contribution is -0.123. The van der Waals surface area contributed by atoms with Crippen LogP contribution >= 0.6 is 0 Å². The Balaban J connectivity index is 1.82. The standard InChI is InChI=1S/C22H31N5O3/c1-22(2,3)19(20(23)29)25-21(30)18-15-11-7-8-12-16(15)27(26-18)13-17(28)24-14-9-5-4-6-10-14/h7-8,11-12,14,19H,4-6,9-10,13H2,1-3H3,(H2,23,29)(H,24,28)(H,25,30)/t19-/m1/s1. The van der Waals surface area contributed by atoms with Gasteiger partial charge < -0.3 is 16.4 Å². The van der Waals surface area contributed by atoms with Crippen molar-refractivity contribution in [1.82, 2.24) is 20.4 Å². The van der Waals surface area contributed by atoms with Gasteiger partial charge in [0.25, 0.3) is 5.91 Å². The van der Waals surface area contributed by atoms with Crippen molar-refractivity contribution in [2.45, 2.75) is 71.5 Å². The maximum Gasteiger partial charge on any atom is 0.273 e. The van der Waals surface area contributed by atoms with Crippen molar-refractivity contribution in [3.8, 4) is 0 Å². The zero-order chi connectivity index (χ0) is 21.9. The van der Waals surface area contributed by atoms with Crippen LogP contribution in [0.4, 0.5) is 0 Å². The number of primary amides is 1. The molecule has 0 aliphatic heterocycles. The molecule has 1 aromatic heterocycles. The summed E-state index contributed by atoms with van der Waals surface area (Å²) in [6, 6.07) is 6.61. The van der Waals surface area contributed by atoms with Gasteiger partial charge in [0.15, 0.2) is 5.69 Å². The van der Waals surface area contributed by atoms with Crippen molar-refractivity contribution in [1.29, 1.82) is 0 Å². The quantitative estimate of drug-likeness (QED) is 0.672. The fourth-order valence-electron chi connectivity index (χ4n) is 3.99. The highest BCUT2D eigenvalue weighted by Gasteiger charge is 2.32. The van der Waals surface area contributed by atoms with E-state index in [0.29, 0.717) is 10.9 Å². The SMILES string of the molecule is CC(C)(C)[C@H](NC(=O)c1nn(CC(=O)NC2CCCCC2)c2ccccc12)C(N)=O. The average Bonchev–Trinajstić information content (AvgIpc) is 3.04. The molecule has 1 aliphatic carbocycles. The van der Waals surface area contributed by atoms with Crippen LogP contribution in [0.1, 0.15) is 63.4 Å². The summed E-state index contributed by atoms with van der Waals surface area (Å²) < 4.78 is 1.54. The summed E-state index contributed by atoms with van der Waals surface area (Å²) >= 11 is 0. The maximum atomic E-state index is 12.9. The first kappa shape index (κ1) is 21.8. The Morgan fingerprint density at radius 2 is 1.83 bits per heavy atom. The molecule has 3 amide bonds. The molecule has 1 saturated carbocycles. The van der Waals surface area contributed by atoms with Gasteiger partial charge in [0.1, 0.15) is 12.6 Å². The fraction of sp³-hybridized carbons (Fsp3) is 0.545. The lowest BCUT2D eigenvalue weighted by atomic mass is 9.86. The van der Waals surface area contributed by atoms with Crippen LogP contribution in [0.15, 0.2) is 24.3 Å². The summed E-state index contributed by atoms with van der Waals surface area (Å²) in [5.41, 5.74) is 5.81. The van der Waals surface area contributed by atoms with Crippen LogP contribution in [0.5, 0.6) is 0 Å². The molecule has 162 valence electrons. The third-order valence-electron chi connectivity index (χ3n) is 5.56. The van der Waals surface area contributed by atoms with Gasteiger partial charge in [-0.2, -0.15) is 5.10 Å². The zero-order valence-electron chi connectivity index (χ0n) is 17.9. The van der Waals surface area contributed by atoms with Gasteiger partial charge in [0.05, 0.1) is 5.52 Å². The van der Waals surface area contributed by atoms with Gasteiger partial charge in [-0.05, 0) is 24.3 Å². The minimum absolute atomic E-state index is 0.0306. The number of nitrogens with zero attached hydrogens (tertiary/aromatic N) is 2. The van der Waals surface area contributed by atoms with Crippen LogP contribution in [0.2, 0.25) is 0 Å². The van der Waals surface area contributed by atoms with Crippen molar-refractivity contribution in [3.05, 3.63) is 30.0 Å². The van der Waals surface area contributed by atoms with Crippen LogP contribution in [0.25, 0.3) is 10.9 Å². The van der Waals surface area contributed by atoms with Crippen molar-refractivity contribution >= 4 is 28.6 Å². The number of carbonyl (C=O) groups excluding carboxylic acids is 3. The topological polar surface area (TPSA) is 119 Å². The Kier molecular flexibility index (Phi) is 6.43. The van der Waals surface area contributed by atoms with E-state index in [-0.39, 0.29) is 24.2 Å². The molecular formula is C22H31N5O3. The zero-order valence-corrected chi connectivity index (χ0v) is 17.9. The number of aromatic nitrogens is 2. The van der Waals surface area contributed by atoms with Crippen LogP contribution in [0, 0.1) is 5.41 Å². The number of carbonyl (C=O) groups is 3. The predicted molar refractivity (Wildman–Crippen MR) is 115 cm³/mol. The third-order valence-corrected chi connectivity index (χ3v) is 5.56. The number of rotatable bonds is 6. The Morgan fingerprint density at radius 3 is 2.47 bits per heavy atom. The van der Waals surface area contributed by atoms with Crippen LogP contribution in [0.3, 0.4) is 0 Å². The van der Waals surface area contributed by atoms with Gasteiger partial charge in [-0.15, -0.1) is 0 Å². The number of para-hydroxylation sites is 1. The second-order valence-electron chi connectivity index (χ2n) is 9.10. The van der Waals surface area contributed by atoms with Crippen molar-refractivity contribution < 1.29 is 14.4 Å². The molecule has 30 heavy (non-hydrogen) atoms. The largest absolute Gasteiger partial charge is 0.368 e. The Hall–Kier alpha value is -2.90. The van der Waals surface area contributed by atoms with Gasteiger partial charge in [-0.25, -0.2) is 0 Å². The van der Waals surface area contributed by atoms with Crippen LogP contribution in [-0.4, -0.2) is 39.6 Å². The molecule has 0 bridgehead atoms. The molecule has 8 heteroatoms.